The van der Waals surface area contributed by atoms with Crippen molar-refractivity contribution in [3.05, 3.63) is 141 Å². The van der Waals surface area contributed by atoms with E-state index < -0.39 is 15.6 Å². The van der Waals surface area contributed by atoms with Crippen molar-refractivity contribution in [3.63, 3.8) is 0 Å². The maximum absolute atomic E-state index is 13.6. The zero-order valence-corrected chi connectivity index (χ0v) is 22.6. The van der Waals surface area contributed by atoms with Gasteiger partial charge in [0.15, 0.2) is 5.78 Å². The van der Waals surface area contributed by atoms with Crippen LogP contribution in [0.1, 0.15) is 38.2 Å². The van der Waals surface area contributed by atoms with Crippen LogP contribution in [0, 0.1) is 17.0 Å². The highest BCUT2D eigenvalue weighted by Gasteiger charge is 2.36. The molecule has 4 rings (SSSR count). The Hall–Kier alpha value is -4.76. The number of carbonyl (C=O) groups is 3. The predicted molar refractivity (Wildman–Crippen MR) is 156 cm³/mol. The maximum atomic E-state index is 13.6. The fourth-order valence-corrected chi connectivity index (χ4v) is 4.61. The quantitative estimate of drug-likeness (QED) is 0.108. The second kappa shape index (κ2) is 12.0. The molecule has 0 aliphatic rings. The van der Waals surface area contributed by atoms with Crippen LogP contribution >= 0.6 is 12.6 Å². The summed E-state index contributed by atoms with van der Waals surface area (Å²) < 4.78 is -1.55. The Morgan fingerprint density at radius 3 is 2.12 bits per heavy atom. The molecule has 0 saturated carbocycles. The van der Waals surface area contributed by atoms with E-state index in [4.69, 9.17) is 5.73 Å². The van der Waals surface area contributed by atoms with E-state index in [-0.39, 0.29) is 41.5 Å². The minimum Gasteiger partial charge on any atom is -0.368 e. The van der Waals surface area contributed by atoms with E-state index in [2.05, 4.69) is 17.9 Å². The Morgan fingerprint density at radius 1 is 0.900 bits per heavy atom. The second-order valence-corrected chi connectivity index (χ2v) is 10.3. The summed E-state index contributed by atoms with van der Waals surface area (Å²) in [4.78, 5) is 49.8. The van der Waals surface area contributed by atoms with Gasteiger partial charge < -0.3 is 11.1 Å². The van der Waals surface area contributed by atoms with Gasteiger partial charge in [0.2, 0.25) is 11.8 Å². The van der Waals surface area contributed by atoms with Gasteiger partial charge in [0, 0.05) is 23.3 Å². The molecule has 4 aromatic carbocycles. The molecular formula is C31H27N3O5S. The van der Waals surface area contributed by atoms with Crippen LogP contribution in [0.3, 0.4) is 0 Å². The van der Waals surface area contributed by atoms with E-state index in [1.807, 2.05) is 31.2 Å². The minimum atomic E-state index is -1.55. The number of thiol groups is 1. The van der Waals surface area contributed by atoms with Crippen LogP contribution in [0.5, 0.6) is 0 Å². The van der Waals surface area contributed by atoms with Crippen molar-refractivity contribution < 1.29 is 19.3 Å². The Kier molecular flexibility index (Phi) is 8.45. The molecule has 3 N–H and O–H groups in total. The number of hydrogen-bond acceptors (Lipinski definition) is 6. The predicted octanol–water partition coefficient (Wildman–Crippen LogP) is 5.17. The molecule has 8 nitrogen and oxygen atoms in total. The number of nitrogens with zero attached hydrogens (tertiary/aromatic N) is 1. The highest BCUT2D eigenvalue weighted by atomic mass is 32.1. The first-order valence-corrected chi connectivity index (χ1v) is 12.9. The molecule has 0 aliphatic carbocycles. The normalized spacial score (nSPS) is 12.2. The van der Waals surface area contributed by atoms with Crippen LogP contribution in [-0.2, 0) is 27.2 Å². The number of ketones is 1. The van der Waals surface area contributed by atoms with E-state index in [1.54, 1.807) is 42.5 Å². The fraction of sp³-hybridized carbons (Fsp3) is 0.129. The van der Waals surface area contributed by atoms with Crippen molar-refractivity contribution in [3.8, 4) is 0 Å². The first kappa shape index (κ1) is 28.3. The number of rotatable bonds is 10. The molecule has 0 radical (unpaired) electrons. The number of primary amides is 1. The SMILES string of the molecule is Cc1ccc(CC(=O)Nc2ccc(C(S)(Cc3ccc([N+](=O)[O-])cc3)C(N)=O)cc2C(=O)c2ccccc2)cc1. The molecule has 1 unspecified atom stereocenters. The molecule has 9 heteroatoms. The summed E-state index contributed by atoms with van der Waals surface area (Å²) in [5.74, 6) is -1.43. The van der Waals surface area contributed by atoms with Crippen LogP contribution < -0.4 is 11.1 Å². The van der Waals surface area contributed by atoms with Gasteiger partial charge in [0.25, 0.3) is 5.69 Å². The highest BCUT2D eigenvalue weighted by molar-refractivity contribution is 7.82. The Bertz CT molecular complexity index is 1570. The van der Waals surface area contributed by atoms with E-state index in [9.17, 15) is 24.5 Å². The van der Waals surface area contributed by atoms with Gasteiger partial charge >= 0.3 is 0 Å². The summed E-state index contributed by atoms with van der Waals surface area (Å²) >= 11 is 4.66. The average Bonchev–Trinajstić information content (AvgIpc) is 2.94. The van der Waals surface area contributed by atoms with E-state index in [1.165, 1.54) is 30.3 Å². The first-order valence-electron chi connectivity index (χ1n) is 12.4. The van der Waals surface area contributed by atoms with Crippen molar-refractivity contribution in [2.24, 2.45) is 5.73 Å². The minimum absolute atomic E-state index is 0.0154. The number of anilines is 1. The number of nitro benzene ring substituents is 1. The molecule has 2 amide bonds. The first-order chi connectivity index (χ1) is 19.1. The fourth-order valence-electron chi connectivity index (χ4n) is 4.29. The zero-order valence-electron chi connectivity index (χ0n) is 21.7. The molecule has 1 atom stereocenters. The molecule has 0 aliphatic heterocycles. The Balaban J connectivity index is 1.71. The monoisotopic (exact) mass is 553 g/mol. The van der Waals surface area contributed by atoms with Gasteiger partial charge in [-0.2, -0.15) is 12.6 Å². The molecule has 4 aromatic rings. The Labute approximate surface area is 236 Å². The second-order valence-electron chi connectivity index (χ2n) is 9.49. The lowest BCUT2D eigenvalue weighted by Crippen LogP contribution is -2.38. The largest absolute Gasteiger partial charge is 0.368 e. The van der Waals surface area contributed by atoms with Crippen molar-refractivity contribution in [2.75, 3.05) is 5.32 Å². The van der Waals surface area contributed by atoms with Gasteiger partial charge in [-0.1, -0.05) is 78.4 Å². The number of nitro groups is 1. The number of nitrogens with one attached hydrogen (secondary N) is 1. The summed E-state index contributed by atoms with van der Waals surface area (Å²) in [7, 11) is 0. The highest BCUT2D eigenvalue weighted by Crippen LogP contribution is 2.36. The third-order valence-electron chi connectivity index (χ3n) is 6.55. The topological polar surface area (TPSA) is 132 Å². The molecule has 202 valence electrons. The van der Waals surface area contributed by atoms with Crippen LogP contribution in [0.25, 0.3) is 0 Å². The van der Waals surface area contributed by atoms with Gasteiger partial charge in [0.05, 0.1) is 17.0 Å². The summed E-state index contributed by atoms with van der Waals surface area (Å²) in [5.41, 5.74) is 9.40. The molecule has 0 bridgehead atoms. The van der Waals surface area contributed by atoms with Crippen molar-refractivity contribution in [2.45, 2.75) is 24.5 Å². The lowest BCUT2D eigenvalue weighted by atomic mass is 9.87. The molecule has 0 spiro atoms. The number of carbonyl (C=O) groups excluding carboxylic acids is 3. The van der Waals surface area contributed by atoms with Gasteiger partial charge in [-0.05, 0) is 42.2 Å². The van der Waals surface area contributed by atoms with Gasteiger partial charge in [-0.25, -0.2) is 0 Å². The summed E-state index contributed by atoms with van der Waals surface area (Å²) in [6.07, 6.45) is 0.125. The lowest BCUT2D eigenvalue weighted by molar-refractivity contribution is -0.384. The van der Waals surface area contributed by atoms with Crippen LogP contribution in [-0.4, -0.2) is 22.5 Å². The molecule has 40 heavy (non-hydrogen) atoms. The van der Waals surface area contributed by atoms with E-state index in [0.717, 1.165) is 11.1 Å². The molecule has 0 fully saturated rings. The maximum Gasteiger partial charge on any atom is 0.269 e. The van der Waals surface area contributed by atoms with E-state index >= 15 is 0 Å². The Morgan fingerprint density at radius 2 is 1.52 bits per heavy atom. The number of amides is 2. The van der Waals surface area contributed by atoms with E-state index in [0.29, 0.717) is 16.7 Å². The van der Waals surface area contributed by atoms with Crippen LogP contribution in [0.15, 0.2) is 97.1 Å². The van der Waals surface area contributed by atoms with Gasteiger partial charge in [-0.15, -0.1) is 0 Å². The van der Waals surface area contributed by atoms with Crippen molar-refractivity contribution in [1.82, 2.24) is 0 Å². The van der Waals surface area contributed by atoms with Crippen LogP contribution in [0.2, 0.25) is 0 Å². The van der Waals surface area contributed by atoms with Crippen LogP contribution in [0.4, 0.5) is 11.4 Å². The number of nitrogens with two attached hydrogens (primary N) is 1. The number of aryl methyl sites for hydroxylation is 1. The molecule has 0 heterocycles. The summed E-state index contributed by atoms with van der Waals surface area (Å²) in [5, 5.41) is 13.9. The average molecular weight is 554 g/mol. The summed E-state index contributed by atoms with van der Waals surface area (Å²) in [6, 6.07) is 26.5. The zero-order chi connectivity index (χ0) is 28.9. The van der Waals surface area contributed by atoms with Crippen molar-refractivity contribution in [1.29, 1.82) is 0 Å². The lowest BCUT2D eigenvalue weighted by Gasteiger charge is -2.27. The molecule has 0 aromatic heterocycles. The third-order valence-corrected chi connectivity index (χ3v) is 7.19. The number of non-ortho nitro benzene ring substituents is 1. The smallest absolute Gasteiger partial charge is 0.269 e. The number of hydrogen-bond donors (Lipinski definition) is 3. The summed E-state index contributed by atoms with van der Waals surface area (Å²) in [6.45, 7) is 1.96. The van der Waals surface area contributed by atoms with Gasteiger partial charge in [0.1, 0.15) is 4.75 Å². The molecular weight excluding hydrogens is 526 g/mol. The van der Waals surface area contributed by atoms with Gasteiger partial charge in [-0.3, -0.25) is 24.5 Å². The van der Waals surface area contributed by atoms with Crippen molar-refractivity contribution >= 4 is 41.6 Å². The third kappa shape index (κ3) is 6.44. The standard InChI is InChI=1S/C31H27N3O5S/c1-20-7-9-21(10-8-20)17-28(35)33-27-16-13-24(18-26(27)29(36)23-5-3-2-4-6-23)31(40,30(32)37)19-22-11-14-25(15-12-22)34(38)39/h2-16,18,40H,17,19H2,1H3,(H2,32,37)(H,33,35). The molecule has 0 saturated heterocycles. The number of benzene rings is 4.